The van der Waals surface area contributed by atoms with Crippen molar-refractivity contribution in [1.82, 2.24) is 24.6 Å². The molecule has 2 aromatic heterocycles. The van der Waals surface area contributed by atoms with Gasteiger partial charge in [0.05, 0.1) is 19.7 Å². The maximum Gasteiger partial charge on any atom is 0.261 e. The first kappa shape index (κ1) is 20.7. The number of H-pyrrole nitrogens is 1. The van der Waals surface area contributed by atoms with Crippen LogP contribution in [0.1, 0.15) is 29.1 Å². The largest absolute Gasteiger partial charge is 0.497 e. The number of nitrogens with one attached hydrogen (secondary N) is 1. The van der Waals surface area contributed by atoms with Crippen molar-refractivity contribution in [2.75, 3.05) is 13.7 Å². The molecule has 0 radical (unpaired) electrons. The first-order valence-corrected chi connectivity index (χ1v) is 10.7. The highest BCUT2D eigenvalue weighted by molar-refractivity contribution is 5.94. The molecule has 4 aromatic rings. The molecule has 2 aromatic carbocycles. The zero-order valence-corrected chi connectivity index (χ0v) is 18.4. The quantitative estimate of drug-likeness (QED) is 0.523. The fourth-order valence-corrected chi connectivity index (χ4v) is 4.09. The van der Waals surface area contributed by atoms with Crippen LogP contribution in [0.5, 0.6) is 5.75 Å². The van der Waals surface area contributed by atoms with Crippen molar-refractivity contribution >= 4 is 5.91 Å². The third kappa shape index (κ3) is 3.80. The summed E-state index contributed by atoms with van der Waals surface area (Å²) in [7, 11) is 1.60. The van der Waals surface area contributed by atoms with E-state index in [4.69, 9.17) is 4.74 Å². The third-order valence-corrected chi connectivity index (χ3v) is 5.93. The fraction of sp³-hybridized carbons (Fsp3) is 0.200. The van der Waals surface area contributed by atoms with Gasteiger partial charge in [0.2, 0.25) is 0 Å². The lowest BCUT2D eigenvalue weighted by atomic mass is 10.1. The van der Waals surface area contributed by atoms with Crippen LogP contribution in [0, 0.1) is 0 Å². The van der Waals surface area contributed by atoms with Gasteiger partial charge in [0.15, 0.2) is 5.82 Å². The minimum atomic E-state index is -0.419. The number of methoxy groups -OCH3 is 1. The van der Waals surface area contributed by atoms with Crippen LogP contribution in [0.2, 0.25) is 0 Å². The van der Waals surface area contributed by atoms with Crippen molar-refractivity contribution in [3.8, 4) is 28.4 Å². The number of hydrogen-bond donors (Lipinski definition) is 1. The predicted octanol–water partition coefficient (Wildman–Crippen LogP) is 3.53. The molecule has 0 spiro atoms. The zero-order valence-electron chi connectivity index (χ0n) is 18.4. The second kappa shape index (κ2) is 8.38. The van der Waals surface area contributed by atoms with Gasteiger partial charge in [-0.3, -0.25) is 9.59 Å². The first-order chi connectivity index (χ1) is 16.0. The molecule has 3 heterocycles. The molecule has 0 saturated carbocycles. The number of nitrogens with zero attached hydrogens (tertiary/aromatic N) is 4. The van der Waals surface area contributed by atoms with Crippen molar-refractivity contribution < 1.29 is 9.53 Å². The number of amides is 1. The van der Waals surface area contributed by atoms with Crippen LogP contribution in [0.25, 0.3) is 22.6 Å². The third-order valence-electron chi connectivity index (χ3n) is 5.93. The van der Waals surface area contributed by atoms with Gasteiger partial charge in [-0.25, -0.2) is 9.67 Å². The summed E-state index contributed by atoms with van der Waals surface area (Å²) >= 11 is 0. The van der Waals surface area contributed by atoms with Gasteiger partial charge >= 0.3 is 0 Å². The topological polar surface area (TPSA) is 93.1 Å². The van der Waals surface area contributed by atoms with E-state index in [9.17, 15) is 9.59 Å². The van der Waals surface area contributed by atoms with Crippen molar-refractivity contribution in [3.63, 3.8) is 0 Å². The number of carbonyl (C=O) groups is 1. The van der Waals surface area contributed by atoms with E-state index >= 15 is 0 Å². The number of ether oxygens (including phenoxy) is 1. The van der Waals surface area contributed by atoms with Gasteiger partial charge < -0.3 is 14.6 Å². The molecular weight excluding hydrogens is 418 g/mol. The average Bonchev–Trinajstić information content (AvgIpc) is 3.30. The Morgan fingerprint density at radius 3 is 2.45 bits per heavy atom. The number of benzene rings is 2. The lowest BCUT2D eigenvalue weighted by molar-refractivity contribution is 0.0629. The summed E-state index contributed by atoms with van der Waals surface area (Å²) in [6.07, 6.45) is 0. The van der Waals surface area contributed by atoms with E-state index in [1.807, 2.05) is 66.2 Å². The normalized spacial score (nSPS) is 15.2. The molecular formula is C25H23N5O3. The molecule has 0 bridgehead atoms. The van der Waals surface area contributed by atoms with Gasteiger partial charge in [-0.15, -0.1) is 0 Å². The molecule has 8 heteroatoms. The summed E-state index contributed by atoms with van der Waals surface area (Å²) in [5, 5.41) is 4.60. The number of pyridine rings is 1. The molecule has 0 fully saturated rings. The molecule has 166 valence electrons. The van der Waals surface area contributed by atoms with Crippen LogP contribution < -0.4 is 10.3 Å². The van der Waals surface area contributed by atoms with Gasteiger partial charge in [0.25, 0.3) is 11.5 Å². The van der Waals surface area contributed by atoms with Crippen LogP contribution in [0.4, 0.5) is 0 Å². The van der Waals surface area contributed by atoms with Gasteiger partial charge in [0, 0.05) is 17.8 Å². The smallest absolute Gasteiger partial charge is 0.261 e. The Kier molecular flexibility index (Phi) is 5.26. The molecule has 0 aliphatic carbocycles. The lowest BCUT2D eigenvalue weighted by Gasteiger charge is -2.32. The highest BCUT2D eigenvalue weighted by Gasteiger charge is 2.32. The van der Waals surface area contributed by atoms with Crippen LogP contribution in [-0.4, -0.2) is 44.2 Å². The van der Waals surface area contributed by atoms with Crippen LogP contribution >= 0.6 is 0 Å². The number of hydrogen-bond acceptors (Lipinski definition) is 5. The highest BCUT2D eigenvalue weighted by Crippen LogP contribution is 2.27. The molecule has 5 rings (SSSR count). The van der Waals surface area contributed by atoms with E-state index < -0.39 is 5.56 Å². The van der Waals surface area contributed by atoms with E-state index in [0.29, 0.717) is 30.4 Å². The van der Waals surface area contributed by atoms with E-state index in [2.05, 4.69) is 15.1 Å². The lowest BCUT2D eigenvalue weighted by Crippen LogP contribution is -2.43. The Morgan fingerprint density at radius 1 is 1.00 bits per heavy atom. The van der Waals surface area contributed by atoms with E-state index in [1.54, 1.807) is 24.1 Å². The van der Waals surface area contributed by atoms with E-state index in [0.717, 1.165) is 16.9 Å². The second-order valence-electron chi connectivity index (χ2n) is 7.90. The molecule has 8 nitrogen and oxygen atoms in total. The summed E-state index contributed by atoms with van der Waals surface area (Å²) in [5.41, 5.74) is 2.08. The summed E-state index contributed by atoms with van der Waals surface area (Å²) in [6, 6.07) is 20.1. The summed E-state index contributed by atoms with van der Waals surface area (Å²) in [4.78, 5) is 35.3. The Bertz CT molecular complexity index is 1360. The van der Waals surface area contributed by atoms with E-state index in [-0.39, 0.29) is 17.5 Å². The second-order valence-corrected chi connectivity index (χ2v) is 7.90. The van der Waals surface area contributed by atoms with Gasteiger partial charge in [0.1, 0.15) is 17.1 Å². The summed E-state index contributed by atoms with van der Waals surface area (Å²) in [6.45, 7) is 2.88. The Morgan fingerprint density at radius 2 is 1.76 bits per heavy atom. The van der Waals surface area contributed by atoms with Crippen molar-refractivity contribution in [2.45, 2.75) is 19.5 Å². The maximum absolute atomic E-state index is 13.3. The number of fused-ring (bicyclic) bond motifs is 1. The van der Waals surface area contributed by atoms with Crippen molar-refractivity contribution in [3.05, 3.63) is 88.5 Å². The van der Waals surface area contributed by atoms with Crippen LogP contribution in [0.15, 0.2) is 71.5 Å². The molecule has 33 heavy (non-hydrogen) atoms. The number of rotatable bonds is 4. The number of aromatic amines is 1. The van der Waals surface area contributed by atoms with Crippen LogP contribution in [0.3, 0.4) is 0 Å². The van der Waals surface area contributed by atoms with E-state index in [1.165, 1.54) is 0 Å². The molecule has 0 unspecified atom stereocenters. The first-order valence-electron chi connectivity index (χ1n) is 10.7. The summed E-state index contributed by atoms with van der Waals surface area (Å²) < 4.78 is 7.02. The Labute approximate surface area is 190 Å². The average molecular weight is 441 g/mol. The minimum Gasteiger partial charge on any atom is -0.497 e. The molecule has 1 atom stereocenters. The molecule has 1 N–H and O–H groups in total. The fourth-order valence-electron chi connectivity index (χ4n) is 4.09. The highest BCUT2D eigenvalue weighted by atomic mass is 16.5. The standard InChI is InChI=1S/C25H23N5O3/c1-16-23-27-22(18-6-4-3-5-7-18)28-30(23)15-14-29(16)25(32)20-12-13-21(26-24(20)31)17-8-10-19(33-2)11-9-17/h3-13,16H,14-15H2,1-2H3,(H,26,31)/t16-/m0/s1. The monoisotopic (exact) mass is 441 g/mol. The Balaban J connectivity index is 1.40. The zero-order chi connectivity index (χ0) is 22.9. The number of carbonyl (C=O) groups excluding carboxylic acids is 1. The van der Waals surface area contributed by atoms with Crippen LogP contribution in [-0.2, 0) is 6.54 Å². The predicted molar refractivity (Wildman–Crippen MR) is 124 cm³/mol. The molecule has 1 aliphatic heterocycles. The number of aromatic nitrogens is 4. The van der Waals surface area contributed by atoms with Crippen molar-refractivity contribution in [2.24, 2.45) is 0 Å². The van der Waals surface area contributed by atoms with Crippen molar-refractivity contribution in [1.29, 1.82) is 0 Å². The molecule has 1 amide bonds. The van der Waals surface area contributed by atoms with Gasteiger partial charge in [-0.05, 0) is 48.9 Å². The maximum atomic E-state index is 13.3. The Hall–Kier alpha value is -4.20. The molecule has 0 saturated heterocycles. The minimum absolute atomic E-state index is 0.107. The molecule has 1 aliphatic rings. The van der Waals surface area contributed by atoms with Gasteiger partial charge in [-0.2, -0.15) is 5.10 Å². The summed E-state index contributed by atoms with van der Waals surface area (Å²) in [5.74, 6) is 1.75. The van der Waals surface area contributed by atoms with Gasteiger partial charge in [-0.1, -0.05) is 30.3 Å². The SMILES string of the molecule is COc1ccc(-c2ccc(C(=O)N3CCn4nc(-c5ccccc5)nc4[C@@H]3C)c(=O)[nH]2)cc1.